The fourth-order valence-electron chi connectivity index (χ4n) is 2.71. The number of rotatable bonds is 3. The van der Waals surface area contributed by atoms with E-state index in [0.717, 1.165) is 4.88 Å². The second-order valence-corrected chi connectivity index (χ2v) is 6.94. The maximum atomic E-state index is 12.7. The molecule has 1 aliphatic carbocycles. The van der Waals surface area contributed by atoms with E-state index in [2.05, 4.69) is 0 Å². The lowest BCUT2D eigenvalue weighted by Crippen LogP contribution is -2.34. The van der Waals surface area contributed by atoms with Crippen LogP contribution < -0.4 is 0 Å². The first-order valence-corrected chi connectivity index (χ1v) is 7.54. The third kappa shape index (κ3) is 4.10. The number of hydrogen-bond acceptors (Lipinski definition) is 2. The van der Waals surface area contributed by atoms with E-state index >= 15 is 0 Å². The van der Waals surface area contributed by atoms with Crippen LogP contribution in [0.25, 0.3) is 0 Å². The molecule has 6 heteroatoms. The van der Waals surface area contributed by atoms with Crippen LogP contribution in [0.4, 0.5) is 13.2 Å². The van der Waals surface area contributed by atoms with Gasteiger partial charge in [-0.2, -0.15) is 13.2 Å². The molecule has 1 heterocycles. The van der Waals surface area contributed by atoms with Crippen molar-refractivity contribution in [1.82, 2.24) is 0 Å². The summed E-state index contributed by atoms with van der Waals surface area (Å²) in [5, 5.41) is 10.1. The molecule has 1 N–H and O–H groups in total. The normalized spacial score (nSPS) is 26.4. The highest BCUT2D eigenvalue weighted by Crippen LogP contribution is 2.41. The monoisotopic (exact) mass is 312 g/mol. The van der Waals surface area contributed by atoms with Crippen LogP contribution in [0, 0.1) is 11.8 Å². The van der Waals surface area contributed by atoms with Gasteiger partial charge in [0.1, 0.15) is 0 Å². The number of aliphatic hydroxyl groups excluding tert-OH is 1. The van der Waals surface area contributed by atoms with Gasteiger partial charge in [-0.25, -0.2) is 0 Å². The number of aliphatic hydroxyl groups is 1. The summed E-state index contributed by atoms with van der Waals surface area (Å²) in [6.07, 6.45) is -3.00. The fourth-order valence-corrected chi connectivity index (χ4v) is 3.85. The van der Waals surface area contributed by atoms with Gasteiger partial charge in [-0.15, -0.1) is 11.3 Å². The minimum absolute atomic E-state index is 0.0454. The first-order chi connectivity index (χ1) is 8.86. The van der Waals surface area contributed by atoms with Crippen molar-refractivity contribution < 1.29 is 18.3 Å². The maximum absolute atomic E-state index is 12.7. The van der Waals surface area contributed by atoms with Crippen LogP contribution >= 0.6 is 22.9 Å². The van der Waals surface area contributed by atoms with Gasteiger partial charge in [-0.3, -0.25) is 0 Å². The van der Waals surface area contributed by atoms with Crippen molar-refractivity contribution in [2.45, 2.75) is 44.4 Å². The summed E-state index contributed by atoms with van der Waals surface area (Å²) in [7, 11) is 0. The van der Waals surface area contributed by atoms with E-state index in [-0.39, 0.29) is 18.8 Å². The molecule has 0 aliphatic heterocycles. The van der Waals surface area contributed by atoms with Gasteiger partial charge in [0, 0.05) is 11.3 Å². The standard InChI is InChI=1S/C13H16ClF3OS/c14-12-5-4-10(19-12)7-11(18)8-2-1-3-9(6-8)13(15,16)17/h4-5,8-9,11,18H,1-3,6-7H2. The van der Waals surface area contributed by atoms with Gasteiger partial charge in [0.15, 0.2) is 0 Å². The van der Waals surface area contributed by atoms with E-state index in [0.29, 0.717) is 23.6 Å². The Labute approximate surface area is 119 Å². The van der Waals surface area contributed by atoms with E-state index in [1.807, 2.05) is 6.07 Å². The molecule has 0 amide bonds. The zero-order valence-corrected chi connectivity index (χ0v) is 11.9. The van der Waals surface area contributed by atoms with Gasteiger partial charge in [0.25, 0.3) is 0 Å². The number of hydrogen-bond donors (Lipinski definition) is 1. The van der Waals surface area contributed by atoms with Crippen molar-refractivity contribution in [2.24, 2.45) is 11.8 Å². The highest BCUT2D eigenvalue weighted by atomic mass is 35.5. The Balaban J connectivity index is 1.93. The number of halogens is 4. The number of thiophene rings is 1. The lowest BCUT2D eigenvalue weighted by atomic mass is 9.77. The molecule has 0 bridgehead atoms. The fraction of sp³-hybridized carbons (Fsp3) is 0.692. The van der Waals surface area contributed by atoms with E-state index < -0.39 is 18.2 Å². The molecule has 2 rings (SSSR count). The summed E-state index contributed by atoms with van der Waals surface area (Å²) in [5.74, 6) is -1.52. The first-order valence-electron chi connectivity index (χ1n) is 6.35. The molecule has 1 nitrogen and oxygen atoms in total. The third-order valence-electron chi connectivity index (χ3n) is 3.76. The highest BCUT2D eigenvalue weighted by Gasteiger charge is 2.43. The SMILES string of the molecule is OC(Cc1ccc(Cl)s1)C1CCCC(C(F)(F)F)C1. The molecule has 1 aromatic rings. The molecule has 1 aliphatic rings. The Kier molecular flexibility index (Phi) is 4.79. The van der Waals surface area contributed by atoms with Crippen molar-refractivity contribution in [3.8, 4) is 0 Å². The average Bonchev–Trinajstić information content (AvgIpc) is 2.74. The predicted molar refractivity (Wildman–Crippen MR) is 70.5 cm³/mol. The zero-order chi connectivity index (χ0) is 14.0. The van der Waals surface area contributed by atoms with Crippen LogP contribution in [0.5, 0.6) is 0 Å². The van der Waals surface area contributed by atoms with Crippen LogP contribution in [0.1, 0.15) is 30.6 Å². The van der Waals surface area contributed by atoms with Gasteiger partial charge in [-0.1, -0.05) is 18.0 Å². The Morgan fingerprint density at radius 3 is 2.68 bits per heavy atom. The summed E-state index contributed by atoms with van der Waals surface area (Å²) in [6, 6.07) is 3.56. The topological polar surface area (TPSA) is 20.2 Å². The molecule has 1 fully saturated rings. The van der Waals surface area contributed by atoms with Crippen LogP contribution in [0.3, 0.4) is 0 Å². The zero-order valence-electron chi connectivity index (χ0n) is 10.3. The van der Waals surface area contributed by atoms with Crippen molar-refractivity contribution in [2.75, 3.05) is 0 Å². The van der Waals surface area contributed by atoms with Gasteiger partial charge in [0.05, 0.1) is 16.4 Å². The van der Waals surface area contributed by atoms with Crippen LogP contribution in [-0.4, -0.2) is 17.4 Å². The Hall–Kier alpha value is -0.260. The Bertz CT molecular complexity index is 418. The molecule has 19 heavy (non-hydrogen) atoms. The average molecular weight is 313 g/mol. The second kappa shape index (κ2) is 6.02. The largest absolute Gasteiger partial charge is 0.392 e. The lowest BCUT2D eigenvalue weighted by Gasteiger charge is -2.33. The van der Waals surface area contributed by atoms with Crippen LogP contribution in [-0.2, 0) is 6.42 Å². The summed E-state index contributed by atoms with van der Waals surface area (Å²) in [4.78, 5) is 0.923. The molecule has 1 saturated carbocycles. The van der Waals surface area contributed by atoms with Crippen molar-refractivity contribution in [1.29, 1.82) is 0 Å². The van der Waals surface area contributed by atoms with Crippen LogP contribution in [0.15, 0.2) is 12.1 Å². The van der Waals surface area contributed by atoms with E-state index in [4.69, 9.17) is 11.6 Å². The molecule has 108 valence electrons. The molecular formula is C13H16ClF3OS. The molecule has 1 aromatic heterocycles. The van der Waals surface area contributed by atoms with Crippen molar-refractivity contribution in [3.05, 3.63) is 21.3 Å². The van der Waals surface area contributed by atoms with E-state index in [9.17, 15) is 18.3 Å². The smallest absolute Gasteiger partial charge is 0.391 e. The summed E-state index contributed by atoms with van der Waals surface area (Å²) < 4.78 is 38.8. The molecule has 0 radical (unpaired) electrons. The quantitative estimate of drug-likeness (QED) is 0.859. The van der Waals surface area contributed by atoms with Crippen molar-refractivity contribution >= 4 is 22.9 Å². The molecule has 0 spiro atoms. The molecular weight excluding hydrogens is 297 g/mol. The lowest BCUT2D eigenvalue weighted by molar-refractivity contribution is -0.188. The maximum Gasteiger partial charge on any atom is 0.391 e. The third-order valence-corrected chi connectivity index (χ3v) is 5.01. The number of alkyl halides is 3. The Morgan fingerprint density at radius 2 is 2.11 bits per heavy atom. The second-order valence-electron chi connectivity index (χ2n) is 5.14. The van der Waals surface area contributed by atoms with Gasteiger partial charge >= 0.3 is 6.18 Å². The molecule has 3 atom stereocenters. The van der Waals surface area contributed by atoms with E-state index in [1.165, 1.54) is 11.3 Å². The highest BCUT2D eigenvalue weighted by molar-refractivity contribution is 7.16. The van der Waals surface area contributed by atoms with Gasteiger partial charge < -0.3 is 5.11 Å². The predicted octanol–water partition coefficient (Wildman–Crippen LogP) is 4.67. The van der Waals surface area contributed by atoms with E-state index in [1.54, 1.807) is 6.07 Å². The van der Waals surface area contributed by atoms with Gasteiger partial charge in [0.2, 0.25) is 0 Å². The summed E-state index contributed by atoms with van der Waals surface area (Å²) in [6.45, 7) is 0. The minimum Gasteiger partial charge on any atom is -0.392 e. The summed E-state index contributed by atoms with van der Waals surface area (Å²) in [5.41, 5.74) is 0. The first kappa shape index (κ1) is 15.1. The van der Waals surface area contributed by atoms with Gasteiger partial charge in [-0.05, 0) is 37.3 Å². The molecule has 0 aromatic carbocycles. The minimum atomic E-state index is -4.13. The summed E-state index contributed by atoms with van der Waals surface area (Å²) >= 11 is 7.17. The van der Waals surface area contributed by atoms with Crippen LogP contribution in [0.2, 0.25) is 4.34 Å². The Morgan fingerprint density at radius 1 is 1.37 bits per heavy atom. The molecule has 3 unspecified atom stereocenters. The molecule has 0 saturated heterocycles. The van der Waals surface area contributed by atoms with Crippen molar-refractivity contribution in [3.63, 3.8) is 0 Å².